The fraction of sp³-hybridized carbons (Fsp3) is 0.538. The highest BCUT2D eigenvalue weighted by molar-refractivity contribution is 14.1. The van der Waals surface area contributed by atoms with E-state index in [-0.39, 0.29) is 0 Å². The Bertz CT molecular complexity index is 613. The minimum absolute atomic E-state index is 0.520. The zero-order chi connectivity index (χ0) is 13.6. The van der Waals surface area contributed by atoms with E-state index < -0.39 is 5.60 Å². The first kappa shape index (κ1) is 13.1. The van der Waals surface area contributed by atoms with Gasteiger partial charge in [-0.1, -0.05) is 0 Å². The third-order valence-electron chi connectivity index (χ3n) is 3.08. The van der Waals surface area contributed by atoms with Crippen molar-refractivity contribution in [2.75, 3.05) is 5.32 Å². The molecule has 0 saturated heterocycles. The second-order valence-corrected chi connectivity index (χ2v) is 6.92. The summed E-state index contributed by atoms with van der Waals surface area (Å²) in [6.07, 6.45) is 6.04. The summed E-state index contributed by atoms with van der Waals surface area (Å²) in [4.78, 5) is 8.73. The Labute approximate surface area is 125 Å². The highest BCUT2D eigenvalue weighted by Crippen LogP contribution is 2.31. The van der Waals surface area contributed by atoms with Gasteiger partial charge in [0.1, 0.15) is 17.8 Å². The Hall–Kier alpha value is -0.890. The van der Waals surface area contributed by atoms with E-state index in [2.05, 4.69) is 37.9 Å². The average molecular weight is 372 g/mol. The number of aliphatic hydroxyl groups is 1. The molecule has 5 nitrogen and oxygen atoms in total. The Balaban J connectivity index is 2.05. The van der Waals surface area contributed by atoms with E-state index in [9.17, 15) is 5.11 Å². The maximum absolute atomic E-state index is 9.98. The van der Waals surface area contributed by atoms with Crippen molar-refractivity contribution in [1.82, 2.24) is 14.5 Å². The minimum Gasteiger partial charge on any atom is -0.389 e. The lowest BCUT2D eigenvalue weighted by atomic mass is 10.1. The molecule has 1 saturated carbocycles. The van der Waals surface area contributed by atoms with Gasteiger partial charge in [-0.2, -0.15) is 0 Å². The average Bonchev–Trinajstić information content (AvgIpc) is 3.04. The van der Waals surface area contributed by atoms with Gasteiger partial charge in [0.15, 0.2) is 0 Å². The summed E-state index contributed by atoms with van der Waals surface area (Å²) in [5, 5.41) is 14.5. The van der Waals surface area contributed by atoms with E-state index in [0.29, 0.717) is 12.6 Å². The van der Waals surface area contributed by atoms with E-state index >= 15 is 0 Å². The van der Waals surface area contributed by atoms with Crippen LogP contribution in [-0.2, 0) is 6.54 Å². The fourth-order valence-corrected chi connectivity index (χ4v) is 2.98. The zero-order valence-electron chi connectivity index (χ0n) is 11.0. The Morgan fingerprint density at radius 3 is 2.84 bits per heavy atom. The van der Waals surface area contributed by atoms with Crippen molar-refractivity contribution in [3.05, 3.63) is 16.1 Å². The molecular formula is C13H17IN4O. The van der Waals surface area contributed by atoms with Gasteiger partial charge in [0.2, 0.25) is 0 Å². The third-order valence-corrected chi connectivity index (χ3v) is 3.90. The monoisotopic (exact) mass is 372 g/mol. The van der Waals surface area contributed by atoms with Crippen molar-refractivity contribution in [2.45, 2.75) is 44.9 Å². The van der Waals surface area contributed by atoms with Crippen LogP contribution in [0.15, 0.2) is 12.5 Å². The topological polar surface area (TPSA) is 63.0 Å². The van der Waals surface area contributed by atoms with E-state index in [0.717, 1.165) is 20.4 Å². The fourth-order valence-electron chi connectivity index (χ4n) is 2.14. The third kappa shape index (κ3) is 2.84. The summed E-state index contributed by atoms with van der Waals surface area (Å²) in [6.45, 7) is 4.12. The van der Waals surface area contributed by atoms with Crippen LogP contribution in [0, 0.1) is 3.57 Å². The van der Waals surface area contributed by atoms with Crippen LogP contribution in [0.1, 0.15) is 26.7 Å². The number of rotatable bonds is 4. The largest absolute Gasteiger partial charge is 0.389 e. The number of anilines is 1. The summed E-state index contributed by atoms with van der Waals surface area (Å²) in [6, 6.07) is 0.562. The molecule has 3 rings (SSSR count). The van der Waals surface area contributed by atoms with Crippen LogP contribution in [0.3, 0.4) is 0 Å². The van der Waals surface area contributed by atoms with Gasteiger partial charge in [0.25, 0.3) is 0 Å². The molecule has 0 aliphatic heterocycles. The molecular weight excluding hydrogens is 355 g/mol. The van der Waals surface area contributed by atoms with Gasteiger partial charge in [0, 0.05) is 15.8 Å². The SMILES string of the molecule is CC(C)(O)Cn1cc(I)c2c(NC3CC3)ncnc21. The van der Waals surface area contributed by atoms with Gasteiger partial charge >= 0.3 is 0 Å². The number of nitrogens with one attached hydrogen (secondary N) is 1. The highest BCUT2D eigenvalue weighted by atomic mass is 127. The minimum atomic E-state index is -0.760. The van der Waals surface area contributed by atoms with Crippen molar-refractivity contribution >= 4 is 39.4 Å². The first-order valence-corrected chi connectivity index (χ1v) is 7.50. The van der Waals surface area contributed by atoms with Crippen molar-refractivity contribution in [2.24, 2.45) is 0 Å². The summed E-state index contributed by atoms with van der Waals surface area (Å²) in [5.41, 5.74) is 0.119. The second kappa shape index (κ2) is 4.59. The molecule has 2 aromatic rings. The lowest BCUT2D eigenvalue weighted by molar-refractivity contribution is 0.0626. The first-order chi connectivity index (χ1) is 8.94. The Morgan fingerprint density at radius 1 is 1.47 bits per heavy atom. The van der Waals surface area contributed by atoms with E-state index in [4.69, 9.17) is 0 Å². The van der Waals surface area contributed by atoms with Crippen LogP contribution >= 0.6 is 22.6 Å². The molecule has 0 aromatic carbocycles. The number of halogens is 1. The van der Waals surface area contributed by atoms with Gasteiger partial charge in [-0.3, -0.25) is 0 Å². The van der Waals surface area contributed by atoms with Crippen LogP contribution in [0.2, 0.25) is 0 Å². The van der Waals surface area contributed by atoms with Crippen LogP contribution in [0.25, 0.3) is 11.0 Å². The van der Waals surface area contributed by atoms with Gasteiger partial charge in [-0.05, 0) is 49.3 Å². The molecule has 0 bridgehead atoms. The van der Waals surface area contributed by atoms with Crippen molar-refractivity contribution in [3.63, 3.8) is 0 Å². The zero-order valence-corrected chi connectivity index (χ0v) is 13.2. The van der Waals surface area contributed by atoms with E-state index in [1.54, 1.807) is 20.2 Å². The first-order valence-electron chi connectivity index (χ1n) is 6.42. The molecule has 1 aliphatic rings. The molecule has 0 spiro atoms. The van der Waals surface area contributed by atoms with E-state index in [1.807, 2.05) is 10.8 Å². The van der Waals surface area contributed by atoms with Gasteiger partial charge in [0.05, 0.1) is 17.5 Å². The van der Waals surface area contributed by atoms with Gasteiger partial charge in [-0.15, -0.1) is 0 Å². The van der Waals surface area contributed by atoms with Crippen LogP contribution < -0.4 is 5.32 Å². The molecule has 0 atom stereocenters. The van der Waals surface area contributed by atoms with E-state index in [1.165, 1.54) is 12.8 Å². The summed E-state index contributed by atoms with van der Waals surface area (Å²) < 4.78 is 3.11. The molecule has 0 unspecified atom stereocenters. The smallest absolute Gasteiger partial charge is 0.146 e. The molecule has 19 heavy (non-hydrogen) atoms. The van der Waals surface area contributed by atoms with Crippen LogP contribution in [0.4, 0.5) is 5.82 Å². The number of hydrogen-bond acceptors (Lipinski definition) is 4. The number of hydrogen-bond donors (Lipinski definition) is 2. The van der Waals surface area contributed by atoms with Crippen LogP contribution in [-0.4, -0.2) is 31.3 Å². The maximum Gasteiger partial charge on any atom is 0.146 e. The number of aromatic nitrogens is 3. The molecule has 2 aromatic heterocycles. The second-order valence-electron chi connectivity index (χ2n) is 5.76. The predicted octanol–water partition coefficient (Wildman–Crippen LogP) is 2.38. The Kier molecular flexibility index (Phi) is 3.17. The Morgan fingerprint density at radius 2 is 2.21 bits per heavy atom. The highest BCUT2D eigenvalue weighted by Gasteiger charge is 2.24. The normalized spacial score (nSPS) is 16.0. The number of fused-ring (bicyclic) bond motifs is 1. The van der Waals surface area contributed by atoms with Crippen molar-refractivity contribution in [3.8, 4) is 0 Å². The number of nitrogens with zero attached hydrogens (tertiary/aromatic N) is 3. The quantitative estimate of drug-likeness (QED) is 0.810. The maximum atomic E-state index is 9.98. The lowest BCUT2D eigenvalue weighted by Crippen LogP contribution is -2.25. The molecule has 6 heteroatoms. The lowest BCUT2D eigenvalue weighted by Gasteiger charge is -2.18. The predicted molar refractivity (Wildman–Crippen MR) is 83.2 cm³/mol. The van der Waals surface area contributed by atoms with Crippen molar-refractivity contribution < 1.29 is 5.11 Å². The summed E-state index contributed by atoms with van der Waals surface area (Å²) in [7, 11) is 0. The molecule has 102 valence electrons. The molecule has 0 amide bonds. The molecule has 0 radical (unpaired) electrons. The molecule has 2 heterocycles. The van der Waals surface area contributed by atoms with Crippen molar-refractivity contribution in [1.29, 1.82) is 0 Å². The van der Waals surface area contributed by atoms with Crippen LogP contribution in [0.5, 0.6) is 0 Å². The standard InChI is InChI=1S/C13H17IN4O/c1-13(2,19)6-18-5-9(14)10-11(17-8-3-4-8)15-7-16-12(10)18/h5,7-8,19H,3-4,6H2,1-2H3,(H,15,16,17). The van der Waals surface area contributed by atoms with Gasteiger partial charge < -0.3 is 15.0 Å². The summed E-state index contributed by atoms with van der Waals surface area (Å²) in [5.74, 6) is 0.909. The van der Waals surface area contributed by atoms with Gasteiger partial charge in [-0.25, -0.2) is 9.97 Å². The molecule has 2 N–H and O–H groups in total. The molecule has 1 fully saturated rings. The molecule has 1 aliphatic carbocycles. The summed E-state index contributed by atoms with van der Waals surface area (Å²) >= 11 is 2.30.